The van der Waals surface area contributed by atoms with Crippen molar-refractivity contribution >= 4 is 11.8 Å². The first-order valence-electron chi connectivity index (χ1n) is 8.21. The summed E-state index contributed by atoms with van der Waals surface area (Å²) in [5.74, 6) is 1.36. The van der Waals surface area contributed by atoms with Crippen LogP contribution in [0.25, 0.3) is 0 Å². The lowest BCUT2D eigenvalue weighted by Crippen LogP contribution is -2.50. The summed E-state index contributed by atoms with van der Waals surface area (Å²) in [6.45, 7) is 4.60. The van der Waals surface area contributed by atoms with E-state index < -0.39 is 0 Å². The van der Waals surface area contributed by atoms with Crippen molar-refractivity contribution in [3.63, 3.8) is 0 Å². The summed E-state index contributed by atoms with van der Waals surface area (Å²) >= 11 is 2.17. The van der Waals surface area contributed by atoms with Crippen LogP contribution >= 0.6 is 11.8 Å². The van der Waals surface area contributed by atoms with Crippen LogP contribution in [0.5, 0.6) is 0 Å². The lowest BCUT2D eigenvalue weighted by Gasteiger charge is -2.44. The van der Waals surface area contributed by atoms with E-state index in [9.17, 15) is 0 Å². The molecule has 110 valence electrons. The summed E-state index contributed by atoms with van der Waals surface area (Å²) < 4.78 is 6.69. The van der Waals surface area contributed by atoms with Crippen molar-refractivity contribution in [3.8, 4) is 0 Å². The molecule has 0 amide bonds. The molecule has 2 nitrogen and oxygen atoms in total. The lowest BCUT2D eigenvalue weighted by molar-refractivity contribution is -0.109. The largest absolute Gasteiger partial charge is 0.375 e. The van der Waals surface area contributed by atoms with Gasteiger partial charge in [-0.1, -0.05) is 19.3 Å². The molecule has 2 aliphatic heterocycles. The van der Waals surface area contributed by atoms with Gasteiger partial charge in [0.05, 0.1) is 5.60 Å². The minimum absolute atomic E-state index is 0.248. The highest BCUT2D eigenvalue weighted by molar-refractivity contribution is 8.00. The average molecular weight is 283 g/mol. The first-order valence-corrected chi connectivity index (χ1v) is 9.20. The molecule has 2 saturated heterocycles. The van der Waals surface area contributed by atoms with E-state index in [0.717, 1.165) is 6.61 Å². The molecule has 1 aliphatic carbocycles. The quantitative estimate of drug-likeness (QED) is 0.852. The van der Waals surface area contributed by atoms with Gasteiger partial charge in [0.1, 0.15) is 0 Å². The van der Waals surface area contributed by atoms with Gasteiger partial charge in [-0.05, 0) is 51.2 Å². The highest BCUT2D eigenvalue weighted by atomic mass is 32.2. The van der Waals surface area contributed by atoms with Crippen molar-refractivity contribution in [1.82, 2.24) is 5.32 Å². The summed E-state index contributed by atoms with van der Waals surface area (Å²) in [7, 11) is 0. The van der Waals surface area contributed by atoms with E-state index in [0.29, 0.717) is 10.8 Å². The van der Waals surface area contributed by atoms with Gasteiger partial charge in [-0.3, -0.25) is 0 Å². The number of ether oxygens (including phenoxy) is 1. The third-order valence-electron chi connectivity index (χ3n) is 5.32. The summed E-state index contributed by atoms with van der Waals surface area (Å²) in [6.07, 6.45) is 12.0. The van der Waals surface area contributed by atoms with E-state index in [4.69, 9.17) is 4.74 Å². The van der Waals surface area contributed by atoms with Crippen molar-refractivity contribution in [1.29, 1.82) is 0 Å². The molecule has 0 aromatic carbocycles. The predicted molar refractivity (Wildman–Crippen MR) is 82.9 cm³/mol. The number of thioether (sulfide) groups is 1. The molecule has 3 rings (SSSR count). The van der Waals surface area contributed by atoms with E-state index in [2.05, 4.69) is 24.0 Å². The maximum absolute atomic E-state index is 6.19. The molecule has 0 aromatic rings. The standard InChI is InChI=1S/C16H29NOS/c1-15(7-5-11-19-15)13-17-14-6-10-18-16(12-14)8-3-2-4-9-16/h14,17H,2-13H2,1H3. The number of hydrogen-bond donors (Lipinski definition) is 1. The number of rotatable bonds is 3. The Kier molecular flexibility index (Phi) is 4.45. The Balaban J connectivity index is 1.50. The monoisotopic (exact) mass is 283 g/mol. The van der Waals surface area contributed by atoms with Crippen LogP contribution in [0.15, 0.2) is 0 Å². The van der Waals surface area contributed by atoms with Crippen LogP contribution < -0.4 is 5.32 Å². The fraction of sp³-hybridized carbons (Fsp3) is 1.00. The second kappa shape index (κ2) is 5.95. The van der Waals surface area contributed by atoms with Gasteiger partial charge < -0.3 is 10.1 Å². The van der Waals surface area contributed by atoms with Gasteiger partial charge in [-0.2, -0.15) is 11.8 Å². The molecule has 3 fully saturated rings. The van der Waals surface area contributed by atoms with Gasteiger partial charge in [0, 0.05) is 23.9 Å². The fourth-order valence-electron chi connectivity index (χ4n) is 4.08. The summed E-state index contributed by atoms with van der Waals surface area (Å²) in [6, 6.07) is 0.699. The highest BCUT2D eigenvalue weighted by Gasteiger charge is 2.39. The van der Waals surface area contributed by atoms with Gasteiger partial charge in [0.15, 0.2) is 0 Å². The smallest absolute Gasteiger partial charge is 0.0697 e. The Bertz CT molecular complexity index is 290. The van der Waals surface area contributed by atoms with Gasteiger partial charge in [-0.15, -0.1) is 0 Å². The third-order valence-corrected chi connectivity index (χ3v) is 6.86. The van der Waals surface area contributed by atoms with Crippen LogP contribution in [0.2, 0.25) is 0 Å². The molecule has 2 unspecified atom stereocenters. The molecule has 2 heterocycles. The van der Waals surface area contributed by atoms with E-state index in [-0.39, 0.29) is 5.60 Å². The SMILES string of the molecule is CC1(CNC2CCOC3(CCCCC3)C2)CCCS1. The molecular formula is C16H29NOS. The van der Waals surface area contributed by atoms with Gasteiger partial charge in [-0.25, -0.2) is 0 Å². The van der Waals surface area contributed by atoms with Crippen LogP contribution in [-0.4, -0.2) is 35.3 Å². The molecule has 0 aromatic heterocycles. The van der Waals surface area contributed by atoms with Crippen molar-refractivity contribution < 1.29 is 4.74 Å². The molecule has 0 bridgehead atoms. The van der Waals surface area contributed by atoms with Gasteiger partial charge in [0.25, 0.3) is 0 Å². The topological polar surface area (TPSA) is 21.3 Å². The van der Waals surface area contributed by atoms with Gasteiger partial charge >= 0.3 is 0 Å². The van der Waals surface area contributed by atoms with Gasteiger partial charge in [0.2, 0.25) is 0 Å². The van der Waals surface area contributed by atoms with E-state index in [1.54, 1.807) is 0 Å². The Labute approximate surface area is 122 Å². The minimum Gasteiger partial charge on any atom is -0.375 e. The summed E-state index contributed by atoms with van der Waals surface area (Å²) in [5, 5.41) is 3.87. The molecule has 2 atom stereocenters. The molecular weight excluding hydrogens is 254 g/mol. The summed E-state index contributed by atoms with van der Waals surface area (Å²) in [5.41, 5.74) is 0.248. The highest BCUT2D eigenvalue weighted by Crippen LogP contribution is 2.40. The first kappa shape index (κ1) is 14.2. The zero-order valence-electron chi connectivity index (χ0n) is 12.4. The second-order valence-electron chi connectivity index (χ2n) is 7.06. The maximum Gasteiger partial charge on any atom is 0.0697 e. The molecule has 3 aliphatic rings. The zero-order chi connectivity index (χ0) is 13.2. The molecule has 19 heavy (non-hydrogen) atoms. The molecule has 1 saturated carbocycles. The zero-order valence-corrected chi connectivity index (χ0v) is 13.2. The Morgan fingerprint density at radius 3 is 2.74 bits per heavy atom. The van der Waals surface area contributed by atoms with E-state index >= 15 is 0 Å². The average Bonchev–Trinajstić information content (AvgIpc) is 2.85. The second-order valence-corrected chi connectivity index (χ2v) is 8.75. The Morgan fingerprint density at radius 1 is 1.16 bits per heavy atom. The van der Waals surface area contributed by atoms with Crippen molar-refractivity contribution in [2.24, 2.45) is 0 Å². The molecule has 1 spiro atoms. The van der Waals surface area contributed by atoms with Crippen molar-refractivity contribution in [3.05, 3.63) is 0 Å². The Morgan fingerprint density at radius 2 is 2.00 bits per heavy atom. The Hall–Kier alpha value is 0.270. The number of hydrogen-bond acceptors (Lipinski definition) is 3. The van der Waals surface area contributed by atoms with Crippen LogP contribution in [0, 0.1) is 0 Å². The minimum atomic E-state index is 0.248. The van der Waals surface area contributed by atoms with Crippen LogP contribution in [0.4, 0.5) is 0 Å². The van der Waals surface area contributed by atoms with Crippen LogP contribution in [0.1, 0.15) is 64.7 Å². The predicted octanol–water partition coefficient (Wildman–Crippen LogP) is 3.74. The van der Waals surface area contributed by atoms with E-state index in [1.807, 2.05) is 0 Å². The lowest BCUT2D eigenvalue weighted by atomic mass is 9.78. The van der Waals surface area contributed by atoms with Crippen LogP contribution in [0.3, 0.4) is 0 Å². The normalized spacial score (nSPS) is 38.7. The molecule has 0 radical (unpaired) electrons. The van der Waals surface area contributed by atoms with Crippen LogP contribution in [-0.2, 0) is 4.74 Å². The molecule has 3 heteroatoms. The first-order chi connectivity index (χ1) is 9.20. The molecule has 1 N–H and O–H groups in total. The van der Waals surface area contributed by atoms with E-state index in [1.165, 1.54) is 70.1 Å². The summed E-state index contributed by atoms with van der Waals surface area (Å²) in [4.78, 5) is 0. The maximum atomic E-state index is 6.19. The van der Waals surface area contributed by atoms with Crippen molar-refractivity contribution in [2.45, 2.75) is 81.1 Å². The van der Waals surface area contributed by atoms with Crippen molar-refractivity contribution in [2.75, 3.05) is 18.9 Å². The number of nitrogens with one attached hydrogen (secondary N) is 1. The third kappa shape index (κ3) is 3.48. The fourth-order valence-corrected chi connectivity index (χ4v) is 5.34.